The smallest absolute Gasteiger partial charge is 0.268 e. The number of hydrogen-bond donors (Lipinski definition) is 1. The second-order valence-corrected chi connectivity index (χ2v) is 6.03. The van der Waals surface area contributed by atoms with E-state index in [9.17, 15) is 22.7 Å². The molecular formula is C17H14ClF4NO. The van der Waals surface area contributed by atoms with Gasteiger partial charge in [-0.25, -0.2) is 22.5 Å². The lowest BCUT2D eigenvalue weighted by atomic mass is 9.95. The van der Waals surface area contributed by atoms with Crippen LogP contribution in [0.3, 0.4) is 0 Å². The highest BCUT2D eigenvalue weighted by Crippen LogP contribution is 2.37. The fraction of sp³-hybridized carbons (Fsp3) is 0.235. The van der Waals surface area contributed by atoms with Gasteiger partial charge in [-0.3, -0.25) is 0 Å². The number of nitrogens with zero attached hydrogens (tertiary/aromatic N) is 1. The highest BCUT2D eigenvalue weighted by Gasteiger charge is 2.26. The van der Waals surface area contributed by atoms with Crippen molar-refractivity contribution in [2.45, 2.75) is 25.9 Å². The van der Waals surface area contributed by atoms with E-state index in [1.54, 1.807) is 0 Å². The Morgan fingerprint density at radius 2 is 1.83 bits per heavy atom. The first-order valence-electron chi connectivity index (χ1n) is 6.93. The molecule has 0 fully saturated rings. The minimum absolute atomic E-state index is 0.0188. The van der Waals surface area contributed by atoms with E-state index in [0.717, 1.165) is 18.2 Å². The van der Waals surface area contributed by atoms with Gasteiger partial charge in [0, 0.05) is 11.1 Å². The first-order chi connectivity index (χ1) is 11.1. The van der Waals surface area contributed by atoms with Crippen LogP contribution < -0.4 is 0 Å². The van der Waals surface area contributed by atoms with Gasteiger partial charge in [0.1, 0.15) is 5.82 Å². The molecule has 0 unspecified atom stereocenters. The molecule has 0 spiro atoms. The Morgan fingerprint density at radius 1 is 1.25 bits per heavy atom. The van der Waals surface area contributed by atoms with Crippen molar-refractivity contribution in [3.8, 4) is 11.3 Å². The van der Waals surface area contributed by atoms with E-state index in [1.807, 2.05) is 0 Å². The van der Waals surface area contributed by atoms with Crippen molar-refractivity contribution < 1.29 is 22.7 Å². The average molecular weight is 360 g/mol. The zero-order valence-corrected chi connectivity index (χ0v) is 13.6. The number of aliphatic hydroxyl groups is 1. The Hall–Kier alpha value is -1.92. The molecule has 2 rings (SSSR count). The number of aromatic nitrogens is 1. The fourth-order valence-electron chi connectivity index (χ4n) is 2.14. The fourth-order valence-corrected chi connectivity index (χ4v) is 2.57. The SMILES string of the molecule is CC(C)(O)c1cc(C(=CF)C(F)F)nc(-c2ccc(F)cc2)c1Cl. The summed E-state index contributed by atoms with van der Waals surface area (Å²) in [4.78, 5) is 3.98. The lowest BCUT2D eigenvalue weighted by molar-refractivity contribution is 0.0786. The van der Waals surface area contributed by atoms with Gasteiger partial charge in [0.05, 0.1) is 33.9 Å². The van der Waals surface area contributed by atoms with Crippen LogP contribution in [0.4, 0.5) is 17.6 Å². The van der Waals surface area contributed by atoms with Crippen molar-refractivity contribution >= 4 is 17.2 Å². The summed E-state index contributed by atoms with van der Waals surface area (Å²) in [5.41, 5.74) is -2.26. The maximum atomic E-state index is 13.1. The van der Waals surface area contributed by atoms with Crippen molar-refractivity contribution in [3.05, 3.63) is 58.8 Å². The molecule has 1 heterocycles. The Balaban J connectivity index is 2.76. The highest BCUT2D eigenvalue weighted by atomic mass is 35.5. The standard InChI is InChI=1S/C17H14ClF4NO/c1-17(2,24)12-7-13(11(8-19)16(21)22)23-15(14(12)18)9-3-5-10(20)6-4-9/h3-8,16,24H,1-2H3. The Morgan fingerprint density at radius 3 is 2.29 bits per heavy atom. The van der Waals surface area contributed by atoms with Gasteiger partial charge in [0.2, 0.25) is 0 Å². The minimum atomic E-state index is -3.10. The van der Waals surface area contributed by atoms with Crippen LogP contribution in [0.2, 0.25) is 5.02 Å². The molecule has 2 nitrogen and oxygen atoms in total. The third-order valence-electron chi connectivity index (χ3n) is 3.38. The van der Waals surface area contributed by atoms with Crippen LogP contribution in [-0.2, 0) is 5.60 Å². The van der Waals surface area contributed by atoms with Crippen molar-refractivity contribution in [2.24, 2.45) is 0 Å². The molecule has 7 heteroatoms. The van der Waals surface area contributed by atoms with Gasteiger partial charge in [-0.15, -0.1) is 0 Å². The monoisotopic (exact) mass is 359 g/mol. The summed E-state index contributed by atoms with van der Waals surface area (Å²) in [6.45, 7) is 2.82. The summed E-state index contributed by atoms with van der Waals surface area (Å²) in [6, 6.07) is 6.16. The normalized spacial score (nSPS) is 12.8. The van der Waals surface area contributed by atoms with Gasteiger partial charge in [-0.05, 0) is 44.2 Å². The van der Waals surface area contributed by atoms with Crippen LogP contribution in [0.5, 0.6) is 0 Å². The zero-order valence-electron chi connectivity index (χ0n) is 12.8. The third kappa shape index (κ3) is 3.76. The average Bonchev–Trinajstić information content (AvgIpc) is 2.48. The molecule has 0 atom stereocenters. The summed E-state index contributed by atoms with van der Waals surface area (Å²) in [6.07, 6.45) is -3.33. The van der Waals surface area contributed by atoms with E-state index in [4.69, 9.17) is 11.6 Å². The van der Waals surface area contributed by atoms with Crippen molar-refractivity contribution in [1.82, 2.24) is 4.98 Å². The summed E-state index contributed by atoms with van der Waals surface area (Å²) in [5.74, 6) is -0.495. The molecule has 2 aromatic rings. The molecular weight excluding hydrogens is 346 g/mol. The van der Waals surface area contributed by atoms with E-state index < -0.39 is 23.4 Å². The maximum absolute atomic E-state index is 13.1. The van der Waals surface area contributed by atoms with Gasteiger partial charge < -0.3 is 5.11 Å². The number of allylic oxidation sites excluding steroid dienone is 1. The Labute approximate surface area is 141 Å². The predicted molar refractivity (Wildman–Crippen MR) is 85.0 cm³/mol. The summed E-state index contributed by atoms with van der Waals surface area (Å²) >= 11 is 6.25. The minimum Gasteiger partial charge on any atom is -0.386 e. The summed E-state index contributed by atoms with van der Waals surface area (Å²) < 4.78 is 52.0. The first-order valence-corrected chi connectivity index (χ1v) is 7.31. The molecule has 0 aliphatic carbocycles. The van der Waals surface area contributed by atoms with Gasteiger partial charge in [-0.1, -0.05) is 11.6 Å². The summed E-state index contributed by atoms with van der Waals surface area (Å²) in [7, 11) is 0. The van der Waals surface area contributed by atoms with Gasteiger partial charge in [0.15, 0.2) is 0 Å². The van der Waals surface area contributed by atoms with Gasteiger partial charge in [-0.2, -0.15) is 0 Å². The third-order valence-corrected chi connectivity index (χ3v) is 3.77. The van der Waals surface area contributed by atoms with E-state index in [1.165, 1.54) is 26.0 Å². The van der Waals surface area contributed by atoms with Gasteiger partial charge >= 0.3 is 0 Å². The number of rotatable bonds is 4. The highest BCUT2D eigenvalue weighted by molar-refractivity contribution is 6.34. The molecule has 0 bridgehead atoms. The lowest BCUT2D eigenvalue weighted by Crippen LogP contribution is -2.18. The van der Waals surface area contributed by atoms with Crippen LogP contribution in [0, 0.1) is 5.82 Å². The van der Waals surface area contributed by atoms with Crippen molar-refractivity contribution in [2.75, 3.05) is 0 Å². The topological polar surface area (TPSA) is 33.1 Å². The van der Waals surface area contributed by atoms with E-state index in [0.29, 0.717) is 5.56 Å². The zero-order chi connectivity index (χ0) is 18.1. The molecule has 0 amide bonds. The van der Waals surface area contributed by atoms with Crippen molar-refractivity contribution in [3.63, 3.8) is 0 Å². The molecule has 1 aromatic carbocycles. The van der Waals surface area contributed by atoms with Crippen LogP contribution in [-0.4, -0.2) is 16.5 Å². The number of benzene rings is 1. The number of pyridine rings is 1. The second-order valence-electron chi connectivity index (χ2n) is 5.65. The predicted octanol–water partition coefficient (Wildman–Crippen LogP) is 5.34. The van der Waals surface area contributed by atoms with Crippen LogP contribution in [0.15, 0.2) is 36.7 Å². The van der Waals surface area contributed by atoms with E-state index in [2.05, 4.69) is 4.98 Å². The molecule has 24 heavy (non-hydrogen) atoms. The Kier molecular flexibility index (Phi) is 5.30. The van der Waals surface area contributed by atoms with E-state index >= 15 is 0 Å². The van der Waals surface area contributed by atoms with Crippen LogP contribution in [0.1, 0.15) is 25.1 Å². The number of hydrogen-bond acceptors (Lipinski definition) is 2. The summed E-state index contributed by atoms with van der Waals surface area (Å²) in [5, 5.41) is 10.2. The molecule has 1 N–H and O–H groups in total. The van der Waals surface area contributed by atoms with Crippen LogP contribution in [0.25, 0.3) is 16.8 Å². The largest absolute Gasteiger partial charge is 0.386 e. The number of alkyl halides is 2. The molecule has 0 aliphatic heterocycles. The molecule has 0 aliphatic rings. The number of halogens is 5. The molecule has 128 valence electrons. The van der Waals surface area contributed by atoms with Crippen LogP contribution >= 0.6 is 11.6 Å². The Bertz CT molecular complexity index is 767. The lowest BCUT2D eigenvalue weighted by Gasteiger charge is -2.22. The molecule has 0 radical (unpaired) electrons. The molecule has 1 aromatic heterocycles. The van der Waals surface area contributed by atoms with Crippen molar-refractivity contribution in [1.29, 1.82) is 0 Å². The quantitative estimate of drug-likeness (QED) is 0.747. The van der Waals surface area contributed by atoms with Gasteiger partial charge in [0.25, 0.3) is 6.43 Å². The second kappa shape index (κ2) is 6.91. The van der Waals surface area contributed by atoms with E-state index in [-0.39, 0.29) is 28.3 Å². The maximum Gasteiger partial charge on any atom is 0.268 e. The first kappa shape index (κ1) is 18.4. The molecule has 0 saturated heterocycles. The molecule has 0 saturated carbocycles.